The van der Waals surface area contributed by atoms with Crippen LogP contribution in [0.3, 0.4) is 0 Å². The molecule has 0 bridgehead atoms. The first-order valence-electron chi connectivity index (χ1n) is 13.1. The normalized spacial score (nSPS) is 12.8. The molecule has 0 aliphatic rings. The number of hydrogen-bond acceptors (Lipinski definition) is 6. The van der Waals surface area contributed by atoms with E-state index in [1.54, 1.807) is 45.0 Å². The molecule has 0 saturated carbocycles. The highest BCUT2D eigenvalue weighted by atomic mass is 16.6. The van der Waals surface area contributed by atoms with Crippen LogP contribution in [0.1, 0.15) is 71.0 Å². The number of hydrogen-bond donors (Lipinski definition) is 4. The van der Waals surface area contributed by atoms with Crippen molar-refractivity contribution in [3.05, 3.63) is 59.7 Å². The van der Waals surface area contributed by atoms with Crippen LogP contribution in [0.2, 0.25) is 0 Å². The molecule has 0 aliphatic carbocycles. The minimum atomic E-state index is -1.04. The van der Waals surface area contributed by atoms with Crippen LogP contribution in [0, 0.1) is 0 Å². The van der Waals surface area contributed by atoms with E-state index in [9.17, 15) is 24.6 Å². The Morgan fingerprint density at radius 3 is 2.03 bits per heavy atom. The van der Waals surface area contributed by atoms with Gasteiger partial charge in [-0.1, -0.05) is 44.5 Å². The van der Waals surface area contributed by atoms with Crippen LogP contribution in [0.15, 0.2) is 48.5 Å². The van der Waals surface area contributed by atoms with Gasteiger partial charge in [-0.15, -0.1) is 0 Å². The van der Waals surface area contributed by atoms with Gasteiger partial charge in [0.2, 0.25) is 11.8 Å². The second kappa shape index (κ2) is 14.3. The van der Waals surface area contributed by atoms with E-state index in [1.165, 1.54) is 29.2 Å². The molecule has 0 aromatic heterocycles. The third-order valence-electron chi connectivity index (χ3n) is 5.71. The van der Waals surface area contributed by atoms with Gasteiger partial charge in [-0.3, -0.25) is 9.59 Å². The second-order valence-corrected chi connectivity index (χ2v) is 10.2. The third kappa shape index (κ3) is 9.61. The standard InChI is InChI=1S/C29H41N3O6/c1-6-8-17-30-26(35)25(21-11-15-23(34)16-12-21)32(18-7-2)27(36)24(31-28(37)38-29(3,4)5)19-20-9-13-22(33)14-10-20/h9-16,24-25,33-34H,6-8,17-19H2,1-5H3,(H,30,35)(H,31,37). The first-order chi connectivity index (χ1) is 17.9. The van der Waals surface area contributed by atoms with Crippen molar-refractivity contribution >= 4 is 17.9 Å². The van der Waals surface area contributed by atoms with Gasteiger partial charge < -0.3 is 30.5 Å². The predicted octanol–water partition coefficient (Wildman–Crippen LogP) is 4.43. The van der Waals surface area contributed by atoms with E-state index in [1.807, 2.05) is 13.8 Å². The Labute approximate surface area is 225 Å². The average Bonchev–Trinajstić information content (AvgIpc) is 2.84. The molecule has 9 heteroatoms. The molecule has 0 radical (unpaired) electrons. The fraction of sp³-hybridized carbons (Fsp3) is 0.483. The molecule has 2 unspecified atom stereocenters. The van der Waals surface area contributed by atoms with Crippen molar-refractivity contribution < 1.29 is 29.3 Å². The number of nitrogens with zero attached hydrogens (tertiary/aromatic N) is 1. The number of nitrogens with one attached hydrogen (secondary N) is 2. The van der Waals surface area contributed by atoms with Crippen LogP contribution >= 0.6 is 0 Å². The van der Waals surface area contributed by atoms with E-state index in [-0.39, 0.29) is 30.4 Å². The van der Waals surface area contributed by atoms with Gasteiger partial charge in [-0.2, -0.15) is 0 Å². The van der Waals surface area contributed by atoms with Crippen LogP contribution in [-0.2, 0) is 20.7 Å². The molecule has 9 nitrogen and oxygen atoms in total. The van der Waals surface area contributed by atoms with E-state index in [4.69, 9.17) is 4.74 Å². The monoisotopic (exact) mass is 527 g/mol. The summed E-state index contributed by atoms with van der Waals surface area (Å²) in [4.78, 5) is 41.7. The minimum Gasteiger partial charge on any atom is -0.508 e. The zero-order valence-corrected chi connectivity index (χ0v) is 23.0. The zero-order chi connectivity index (χ0) is 28.3. The summed E-state index contributed by atoms with van der Waals surface area (Å²) < 4.78 is 5.42. The van der Waals surface area contributed by atoms with E-state index in [2.05, 4.69) is 10.6 Å². The summed E-state index contributed by atoms with van der Waals surface area (Å²) in [7, 11) is 0. The van der Waals surface area contributed by atoms with E-state index >= 15 is 0 Å². The number of unbranched alkanes of at least 4 members (excludes halogenated alkanes) is 1. The average molecular weight is 528 g/mol. The van der Waals surface area contributed by atoms with Gasteiger partial charge in [0.25, 0.3) is 0 Å². The Hall–Kier alpha value is -3.75. The number of phenols is 2. The van der Waals surface area contributed by atoms with Crippen LogP contribution in [-0.4, -0.2) is 57.8 Å². The highest BCUT2D eigenvalue weighted by Gasteiger charge is 2.36. The Kier molecular flexibility index (Phi) is 11.4. The largest absolute Gasteiger partial charge is 0.508 e. The predicted molar refractivity (Wildman–Crippen MR) is 146 cm³/mol. The lowest BCUT2D eigenvalue weighted by molar-refractivity contribution is -0.142. The smallest absolute Gasteiger partial charge is 0.408 e. The number of carbonyl (C=O) groups is 3. The SMILES string of the molecule is CCCCNC(=O)C(c1ccc(O)cc1)N(CCC)C(=O)C(Cc1ccc(O)cc1)NC(=O)OC(C)(C)C. The summed E-state index contributed by atoms with van der Waals surface area (Å²) in [6, 6.07) is 10.5. The molecular weight excluding hydrogens is 486 g/mol. The van der Waals surface area contributed by atoms with Crippen molar-refractivity contribution in [3.8, 4) is 11.5 Å². The molecule has 2 aromatic rings. The van der Waals surface area contributed by atoms with Crippen LogP contribution in [0.25, 0.3) is 0 Å². The summed E-state index contributed by atoms with van der Waals surface area (Å²) in [6.45, 7) is 9.84. The lowest BCUT2D eigenvalue weighted by Gasteiger charge is -2.34. The molecule has 3 amide bonds. The highest BCUT2D eigenvalue weighted by Crippen LogP contribution is 2.25. The van der Waals surface area contributed by atoms with Gasteiger partial charge in [0.15, 0.2) is 0 Å². The lowest BCUT2D eigenvalue weighted by atomic mass is 10.00. The highest BCUT2D eigenvalue weighted by molar-refractivity contribution is 5.92. The molecule has 4 N–H and O–H groups in total. The lowest BCUT2D eigenvalue weighted by Crippen LogP contribution is -2.54. The zero-order valence-electron chi connectivity index (χ0n) is 23.0. The van der Waals surface area contributed by atoms with Crippen molar-refractivity contribution in [1.82, 2.24) is 15.5 Å². The summed E-state index contributed by atoms with van der Waals surface area (Å²) in [5.41, 5.74) is 0.481. The van der Waals surface area contributed by atoms with Gasteiger partial charge in [-0.05, 0) is 69.0 Å². The molecule has 2 rings (SSSR count). The Morgan fingerprint density at radius 2 is 1.50 bits per heavy atom. The Bertz CT molecular complexity index is 1050. The van der Waals surface area contributed by atoms with E-state index in [0.29, 0.717) is 24.1 Å². The number of rotatable bonds is 12. The quantitative estimate of drug-likeness (QED) is 0.302. The summed E-state index contributed by atoms with van der Waals surface area (Å²) in [5.74, 6) is -0.661. The number of carbonyl (C=O) groups excluding carboxylic acids is 3. The number of benzene rings is 2. The third-order valence-corrected chi connectivity index (χ3v) is 5.71. The van der Waals surface area contributed by atoms with Gasteiger partial charge in [0.1, 0.15) is 29.2 Å². The summed E-state index contributed by atoms with van der Waals surface area (Å²) >= 11 is 0. The van der Waals surface area contributed by atoms with Crippen molar-refractivity contribution in [3.63, 3.8) is 0 Å². The molecule has 0 saturated heterocycles. The number of aromatic hydroxyl groups is 2. The second-order valence-electron chi connectivity index (χ2n) is 10.2. The number of amides is 3. The molecule has 208 valence electrons. The van der Waals surface area contributed by atoms with Gasteiger partial charge in [0.05, 0.1) is 0 Å². The Balaban J connectivity index is 2.48. The maximum atomic E-state index is 14.1. The van der Waals surface area contributed by atoms with Gasteiger partial charge in [-0.25, -0.2) is 4.79 Å². The van der Waals surface area contributed by atoms with Crippen molar-refractivity contribution in [2.45, 2.75) is 78.0 Å². The van der Waals surface area contributed by atoms with Crippen LogP contribution in [0.4, 0.5) is 4.79 Å². The minimum absolute atomic E-state index is 0.0454. The molecule has 0 spiro atoms. The first kappa shape index (κ1) is 30.5. The van der Waals surface area contributed by atoms with Crippen LogP contribution < -0.4 is 10.6 Å². The molecule has 0 aliphatic heterocycles. The first-order valence-corrected chi connectivity index (χ1v) is 13.1. The summed E-state index contributed by atoms with van der Waals surface area (Å²) in [5, 5.41) is 25.1. The van der Waals surface area contributed by atoms with Crippen molar-refractivity contribution in [2.24, 2.45) is 0 Å². The molecular formula is C29H41N3O6. The summed E-state index contributed by atoms with van der Waals surface area (Å²) in [6.07, 6.45) is 1.63. The van der Waals surface area contributed by atoms with Gasteiger partial charge >= 0.3 is 6.09 Å². The molecule has 2 atom stereocenters. The van der Waals surface area contributed by atoms with Crippen molar-refractivity contribution in [2.75, 3.05) is 13.1 Å². The fourth-order valence-corrected chi connectivity index (χ4v) is 3.94. The fourth-order valence-electron chi connectivity index (χ4n) is 3.94. The topological polar surface area (TPSA) is 128 Å². The number of ether oxygens (including phenoxy) is 1. The Morgan fingerprint density at radius 1 is 0.921 bits per heavy atom. The molecule has 2 aromatic carbocycles. The molecule has 0 heterocycles. The van der Waals surface area contributed by atoms with E-state index < -0.39 is 29.7 Å². The molecule has 0 fully saturated rings. The van der Waals surface area contributed by atoms with E-state index in [0.717, 1.165) is 12.8 Å². The molecule has 38 heavy (non-hydrogen) atoms. The van der Waals surface area contributed by atoms with Gasteiger partial charge in [0, 0.05) is 19.5 Å². The van der Waals surface area contributed by atoms with Crippen LogP contribution in [0.5, 0.6) is 11.5 Å². The maximum Gasteiger partial charge on any atom is 0.408 e. The van der Waals surface area contributed by atoms with Crippen molar-refractivity contribution in [1.29, 1.82) is 0 Å². The number of alkyl carbamates (subject to hydrolysis) is 1. The number of phenolic OH excluding ortho intramolecular Hbond substituents is 2. The maximum absolute atomic E-state index is 14.1.